The first-order valence-electron chi connectivity index (χ1n) is 9.47. The van der Waals surface area contributed by atoms with E-state index in [2.05, 4.69) is 6.08 Å². The summed E-state index contributed by atoms with van der Waals surface area (Å²) in [5.74, 6) is -1.06. The van der Waals surface area contributed by atoms with Crippen molar-refractivity contribution in [1.29, 1.82) is 0 Å². The molecule has 0 saturated carbocycles. The molecule has 1 atom stereocenters. The van der Waals surface area contributed by atoms with E-state index in [1.165, 1.54) is 12.2 Å². The van der Waals surface area contributed by atoms with Gasteiger partial charge in [0, 0.05) is 38.1 Å². The zero-order valence-electron chi connectivity index (χ0n) is 15.7. The van der Waals surface area contributed by atoms with Crippen molar-refractivity contribution in [2.45, 2.75) is 38.1 Å². The van der Waals surface area contributed by atoms with Crippen LogP contribution in [-0.2, 0) is 28.5 Å². The molecule has 2 saturated heterocycles. The summed E-state index contributed by atoms with van der Waals surface area (Å²) in [6.45, 7) is 5.25. The van der Waals surface area contributed by atoms with Gasteiger partial charge in [0.1, 0.15) is 6.10 Å². The minimum absolute atomic E-state index is 0.0917. The Labute approximate surface area is 159 Å². The number of morpholine rings is 1. The largest absolute Gasteiger partial charge is 0.455 e. The van der Waals surface area contributed by atoms with Gasteiger partial charge < -0.3 is 23.8 Å². The van der Waals surface area contributed by atoms with Crippen molar-refractivity contribution in [3.05, 3.63) is 36.0 Å². The van der Waals surface area contributed by atoms with Crippen molar-refractivity contribution < 1.29 is 28.5 Å². The molecule has 27 heavy (non-hydrogen) atoms. The molecule has 0 aromatic carbocycles. The number of nitrogens with zero attached hydrogens (tertiary/aromatic N) is 1. The van der Waals surface area contributed by atoms with Crippen molar-refractivity contribution in [2.75, 3.05) is 39.5 Å². The van der Waals surface area contributed by atoms with Gasteiger partial charge >= 0.3 is 5.97 Å². The summed E-state index contributed by atoms with van der Waals surface area (Å²) in [6.07, 6.45) is 10.2. The number of ether oxygens (including phenoxy) is 4. The lowest BCUT2D eigenvalue weighted by Crippen LogP contribution is -2.39. The molecule has 1 aliphatic carbocycles. The summed E-state index contributed by atoms with van der Waals surface area (Å²) in [4.78, 5) is 25.8. The van der Waals surface area contributed by atoms with E-state index in [9.17, 15) is 9.59 Å². The summed E-state index contributed by atoms with van der Waals surface area (Å²) in [7, 11) is 0. The second-order valence-electron chi connectivity index (χ2n) is 6.87. The number of carbonyl (C=O) groups excluding carboxylic acids is 2. The van der Waals surface area contributed by atoms with E-state index in [0.29, 0.717) is 45.9 Å². The minimum Gasteiger partial charge on any atom is -0.455 e. The van der Waals surface area contributed by atoms with Crippen LogP contribution in [0.1, 0.15) is 26.2 Å². The van der Waals surface area contributed by atoms with Crippen molar-refractivity contribution in [3.63, 3.8) is 0 Å². The highest BCUT2D eigenvalue weighted by molar-refractivity contribution is 5.88. The molecule has 2 aliphatic heterocycles. The van der Waals surface area contributed by atoms with E-state index < -0.39 is 17.9 Å². The quantitative estimate of drug-likeness (QED) is 0.537. The molecule has 0 radical (unpaired) electrons. The summed E-state index contributed by atoms with van der Waals surface area (Å²) in [5, 5.41) is 0. The van der Waals surface area contributed by atoms with E-state index in [0.717, 1.165) is 18.4 Å². The van der Waals surface area contributed by atoms with Crippen molar-refractivity contribution in [1.82, 2.24) is 4.90 Å². The second kappa shape index (κ2) is 9.30. The van der Waals surface area contributed by atoms with Gasteiger partial charge in [0.25, 0.3) is 0 Å². The monoisotopic (exact) mass is 377 g/mol. The number of allylic oxidation sites excluding steroid dienone is 2. The average Bonchev–Trinajstić information content (AvgIpc) is 3.12. The summed E-state index contributed by atoms with van der Waals surface area (Å²) >= 11 is 0. The highest BCUT2D eigenvalue weighted by atomic mass is 16.7. The van der Waals surface area contributed by atoms with Crippen LogP contribution in [0.4, 0.5) is 0 Å². The summed E-state index contributed by atoms with van der Waals surface area (Å²) < 4.78 is 22.0. The van der Waals surface area contributed by atoms with E-state index >= 15 is 0 Å². The van der Waals surface area contributed by atoms with Crippen LogP contribution in [0.25, 0.3) is 0 Å². The van der Waals surface area contributed by atoms with Gasteiger partial charge in [0.2, 0.25) is 5.91 Å². The van der Waals surface area contributed by atoms with Gasteiger partial charge in [-0.15, -0.1) is 0 Å². The van der Waals surface area contributed by atoms with Gasteiger partial charge in [-0.25, -0.2) is 4.79 Å². The van der Waals surface area contributed by atoms with E-state index in [-0.39, 0.29) is 5.91 Å². The normalized spacial score (nSPS) is 23.7. The van der Waals surface area contributed by atoms with E-state index in [1.54, 1.807) is 24.0 Å². The molecule has 1 spiro atoms. The summed E-state index contributed by atoms with van der Waals surface area (Å²) in [5.41, 5.74) is 1.01. The third-order valence-electron chi connectivity index (χ3n) is 4.79. The molecule has 2 fully saturated rings. The first kappa shape index (κ1) is 19.8. The Morgan fingerprint density at radius 3 is 2.67 bits per heavy atom. The molecular formula is C20H27NO6. The van der Waals surface area contributed by atoms with Crippen molar-refractivity contribution in [3.8, 4) is 0 Å². The van der Waals surface area contributed by atoms with Gasteiger partial charge in [-0.05, 0) is 25.0 Å². The third kappa shape index (κ3) is 5.76. The van der Waals surface area contributed by atoms with Crippen LogP contribution in [-0.4, -0.2) is 68.2 Å². The van der Waals surface area contributed by atoms with E-state index in [1.807, 2.05) is 0 Å². The Morgan fingerprint density at radius 1 is 1.19 bits per heavy atom. The lowest BCUT2D eigenvalue weighted by molar-refractivity contribution is -0.162. The Morgan fingerprint density at radius 2 is 1.93 bits per heavy atom. The molecule has 0 aromatic rings. The van der Waals surface area contributed by atoms with E-state index in [4.69, 9.17) is 18.9 Å². The van der Waals surface area contributed by atoms with Crippen LogP contribution in [0.15, 0.2) is 36.0 Å². The first-order chi connectivity index (χ1) is 13.1. The maximum atomic E-state index is 12.0. The number of hydrogen-bond donors (Lipinski definition) is 0. The van der Waals surface area contributed by atoms with Crippen LogP contribution in [0, 0.1) is 0 Å². The molecule has 7 nitrogen and oxygen atoms in total. The lowest BCUT2D eigenvalue weighted by atomic mass is 9.93. The predicted molar refractivity (Wildman–Crippen MR) is 97.8 cm³/mol. The lowest BCUT2D eigenvalue weighted by Gasteiger charge is -2.30. The zero-order chi connectivity index (χ0) is 19.1. The number of esters is 1. The van der Waals surface area contributed by atoms with Gasteiger partial charge in [-0.1, -0.05) is 12.2 Å². The van der Waals surface area contributed by atoms with Gasteiger partial charge in [-0.3, -0.25) is 4.79 Å². The minimum atomic E-state index is -0.520. The van der Waals surface area contributed by atoms with Crippen LogP contribution in [0.5, 0.6) is 0 Å². The van der Waals surface area contributed by atoms with Crippen LogP contribution in [0.2, 0.25) is 0 Å². The Hall–Kier alpha value is -1.96. The average molecular weight is 377 g/mol. The van der Waals surface area contributed by atoms with Gasteiger partial charge in [0.05, 0.1) is 26.4 Å². The van der Waals surface area contributed by atoms with Gasteiger partial charge in [-0.2, -0.15) is 0 Å². The third-order valence-corrected chi connectivity index (χ3v) is 4.79. The maximum Gasteiger partial charge on any atom is 0.331 e. The molecule has 1 amide bonds. The number of carbonyl (C=O) groups is 2. The Balaban J connectivity index is 1.44. The maximum absolute atomic E-state index is 12.0. The molecule has 3 rings (SSSR count). The number of rotatable bonds is 5. The Bertz CT molecular complexity index is 626. The highest BCUT2D eigenvalue weighted by Gasteiger charge is 2.38. The fourth-order valence-electron chi connectivity index (χ4n) is 3.36. The SMILES string of the molecule is C[C@H](C=CC(=O)N1CCOCC1)OC(=O)C=CC1=CCCC2(C1)OCCO2. The molecule has 148 valence electrons. The molecule has 0 bridgehead atoms. The summed E-state index contributed by atoms with van der Waals surface area (Å²) in [6, 6.07) is 0. The zero-order valence-corrected chi connectivity index (χ0v) is 15.7. The number of amides is 1. The van der Waals surface area contributed by atoms with Crippen molar-refractivity contribution in [2.24, 2.45) is 0 Å². The van der Waals surface area contributed by atoms with Crippen LogP contribution in [0.3, 0.4) is 0 Å². The van der Waals surface area contributed by atoms with Crippen molar-refractivity contribution >= 4 is 11.9 Å². The molecule has 0 unspecified atom stereocenters. The fourth-order valence-corrected chi connectivity index (χ4v) is 3.36. The number of hydrogen-bond acceptors (Lipinski definition) is 6. The van der Waals surface area contributed by atoms with Gasteiger partial charge in [0.15, 0.2) is 5.79 Å². The highest BCUT2D eigenvalue weighted by Crippen LogP contribution is 2.36. The van der Waals surface area contributed by atoms with Crippen LogP contribution >= 0.6 is 0 Å². The second-order valence-corrected chi connectivity index (χ2v) is 6.87. The topological polar surface area (TPSA) is 74.3 Å². The molecular weight excluding hydrogens is 350 g/mol. The predicted octanol–water partition coefficient (Wildman–Crippen LogP) is 1.74. The molecule has 2 heterocycles. The molecule has 3 aliphatic rings. The Kier molecular flexibility index (Phi) is 6.82. The molecule has 0 aromatic heterocycles. The smallest absolute Gasteiger partial charge is 0.331 e. The molecule has 7 heteroatoms. The first-order valence-corrected chi connectivity index (χ1v) is 9.47. The fraction of sp³-hybridized carbons (Fsp3) is 0.600. The standard InChI is InChI=1S/C20H27NO6/c1-16(4-6-18(22)21-9-11-24-12-10-21)27-19(23)7-5-17-3-2-8-20(15-17)25-13-14-26-20/h3-7,16H,2,8-15H2,1H3/t16-/m1/s1. The van der Waals surface area contributed by atoms with Crippen LogP contribution < -0.4 is 0 Å². The molecule has 0 N–H and O–H groups in total.